The minimum atomic E-state index is -0.330. The molecule has 2 N–H and O–H groups in total. The van der Waals surface area contributed by atoms with Crippen molar-refractivity contribution in [2.24, 2.45) is 11.3 Å². The van der Waals surface area contributed by atoms with Crippen LogP contribution in [0.3, 0.4) is 0 Å². The van der Waals surface area contributed by atoms with Crippen LogP contribution in [0.4, 0.5) is 0 Å². The lowest BCUT2D eigenvalue weighted by Crippen LogP contribution is -2.32. The summed E-state index contributed by atoms with van der Waals surface area (Å²) in [7, 11) is 0. The third-order valence-corrected chi connectivity index (χ3v) is 5.13. The van der Waals surface area contributed by atoms with Crippen LogP contribution in [-0.2, 0) is 6.42 Å². The van der Waals surface area contributed by atoms with E-state index in [0.29, 0.717) is 36.3 Å². The number of Topliss-reactive ketones (excluding diaryl/α,β-unsaturated/α-hetero) is 1. The van der Waals surface area contributed by atoms with E-state index in [-0.39, 0.29) is 34.9 Å². The molecule has 2 aliphatic rings. The van der Waals surface area contributed by atoms with E-state index in [1.807, 2.05) is 13.8 Å². The van der Waals surface area contributed by atoms with Crippen molar-refractivity contribution < 1.29 is 19.1 Å². The van der Waals surface area contributed by atoms with E-state index < -0.39 is 0 Å². The van der Waals surface area contributed by atoms with Crippen LogP contribution in [0, 0.1) is 18.3 Å². The number of aliphatic hydroxyl groups is 1. The lowest BCUT2D eigenvalue weighted by atomic mass is 9.76. The highest BCUT2D eigenvalue weighted by atomic mass is 16.4. The molecule has 1 aromatic heterocycles. The van der Waals surface area contributed by atoms with Crippen molar-refractivity contribution in [2.75, 3.05) is 6.54 Å². The van der Waals surface area contributed by atoms with Gasteiger partial charge in [-0.05, 0) is 25.2 Å². The Morgan fingerprint density at radius 2 is 2.09 bits per heavy atom. The smallest absolute Gasteiger partial charge is 0.287 e. The van der Waals surface area contributed by atoms with Crippen LogP contribution in [0.5, 0.6) is 0 Å². The topological polar surface area (TPSA) is 79.5 Å². The van der Waals surface area contributed by atoms with E-state index in [0.717, 1.165) is 19.3 Å². The summed E-state index contributed by atoms with van der Waals surface area (Å²) < 4.78 is 5.75. The number of hydrogen-bond acceptors (Lipinski definition) is 4. The molecule has 2 atom stereocenters. The van der Waals surface area contributed by atoms with Crippen molar-refractivity contribution >= 4 is 11.7 Å². The number of rotatable bonds is 3. The van der Waals surface area contributed by atoms with Crippen molar-refractivity contribution in [3.63, 3.8) is 0 Å². The first-order valence-corrected chi connectivity index (χ1v) is 8.40. The Morgan fingerprint density at radius 1 is 1.35 bits per heavy atom. The maximum absolute atomic E-state index is 12.4. The molecule has 3 rings (SSSR count). The van der Waals surface area contributed by atoms with Crippen molar-refractivity contribution in [1.29, 1.82) is 0 Å². The molecule has 2 unspecified atom stereocenters. The van der Waals surface area contributed by atoms with Crippen LogP contribution < -0.4 is 5.32 Å². The highest BCUT2D eigenvalue weighted by Crippen LogP contribution is 2.38. The average Bonchev–Trinajstić information content (AvgIpc) is 2.98. The third kappa shape index (κ3) is 3.07. The Labute approximate surface area is 136 Å². The number of carbonyl (C=O) groups excluding carboxylic acids is 2. The first-order chi connectivity index (χ1) is 10.8. The quantitative estimate of drug-likeness (QED) is 0.897. The minimum absolute atomic E-state index is 0.0581. The van der Waals surface area contributed by atoms with Crippen LogP contribution in [-0.4, -0.2) is 29.4 Å². The minimum Gasteiger partial charge on any atom is -0.455 e. The Hall–Kier alpha value is -1.62. The van der Waals surface area contributed by atoms with Gasteiger partial charge in [0.05, 0.1) is 11.7 Å². The van der Waals surface area contributed by atoms with Gasteiger partial charge in [-0.15, -0.1) is 0 Å². The van der Waals surface area contributed by atoms with Gasteiger partial charge < -0.3 is 14.8 Å². The summed E-state index contributed by atoms with van der Waals surface area (Å²) in [5.41, 5.74) is 1.11. The molecule has 2 aliphatic carbocycles. The van der Waals surface area contributed by atoms with Crippen LogP contribution in [0.25, 0.3) is 0 Å². The highest BCUT2D eigenvalue weighted by Gasteiger charge is 2.37. The first-order valence-electron chi connectivity index (χ1n) is 8.40. The summed E-state index contributed by atoms with van der Waals surface area (Å²) in [4.78, 5) is 24.8. The molecular formula is C18H25NO4. The van der Waals surface area contributed by atoms with Gasteiger partial charge in [0.2, 0.25) is 0 Å². The number of fused-ring (bicyclic) bond motifs is 1. The van der Waals surface area contributed by atoms with Gasteiger partial charge in [-0.2, -0.15) is 0 Å². The highest BCUT2D eigenvalue weighted by molar-refractivity contribution is 6.03. The summed E-state index contributed by atoms with van der Waals surface area (Å²) in [6.45, 7) is 6.29. The van der Waals surface area contributed by atoms with Gasteiger partial charge in [0.15, 0.2) is 11.5 Å². The number of ketones is 1. The van der Waals surface area contributed by atoms with E-state index in [1.165, 1.54) is 0 Å². The SMILES string of the molecule is Cc1c(C(=O)NCC2CCCC2O)oc2c1C(=O)CC(C)(C)C2. The molecule has 1 fully saturated rings. The lowest BCUT2D eigenvalue weighted by Gasteiger charge is -2.27. The summed E-state index contributed by atoms with van der Waals surface area (Å²) in [5.74, 6) is 0.761. The Kier molecular flexibility index (Phi) is 4.08. The maximum atomic E-state index is 12.4. The molecule has 1 heterocycles. The Bertz CT molecular complexity index is 644. The molecule has 0 aromatic carbocycles. The van der Waals surface area contributed by atoms with Gasteiger partial charge in [0, 0.05) is 30.9 Å². The zero-order valence-corrected chi connectivity index (χ0v) is 14.1. The molecule has 5 heteroatoms. The monoisotopic (exact) mass is 319 g/mol. The normalized spacial score (nSPS) is 26.2. The molecule has 1 aromatic rings. The molecule has 126 valence electrons. The van der Waals surface area contributed by atoms with E-state index in [4.69, 9.17) is 4.42 Å². The largest absolute Gasteiger partial charge is 0.455 e. The maximum Gasteiger partial charge on any atom is 0.287 e. The van der Waals surface area contributed by atoms with E-state index in [1.54, 1.807) is 6.92 Å². The molecule has 0 saturated heterocycles. The fourth-order valence-electron chi connectivity index (χ4n) is 3.86. The predicted molar refractivity (Wildman–Crippen MR) is 85.6 cm³/mol. The second-order valence-electron chi connectivity index (χ2n) is 7.76. The number of aliphatic hydroxyl groups excluding tert-OH is 1. The van der Waals surface area contributed by atoms with Gasteiger partial charge in [-0.25, -0.2) is 0 Å². The van der Waals surface area contributed by atoms with Gasteiger partial charge in [-0.1, -0.05) is 20.3 Å². The van der Waals surface area contributed by atoms with Crippen molar-refractivity contribution in [3.8, 4) is 0 Å². The zero-order chi connectivity index (χ0) is 16.8. The lowest BCUT2D eigenvalue weighted by molar-refractivity contribution is 0.0871. The van der Waals surface area contributed by atoms with Crippen molar-refractivity contribution in [2.45, 2.75) is 59.0 Å². The molecule has 23 heavy (non-hydrogen) atoms. The van der Waals surface area contributed by atoms with E-state index in [9.17, 15) is 14.7 Å². The van der Waals surface area contributed by atoms with Gasteiger partial charge >= 0.3 is 0 Å². The molecule has 5 nitrogen and oxygen atoms in total. The Morgan fingerprint density at radius 3 is 2.74 bits per heavy atom. The number of furan rings is 1. The number of nitrogens with one attached hydrogen (secondary N) is 1. The summed E-state index contributed by atoms with van der Waals surface area (Å²) in [6, 6.07) is 0. The fraction of sp³-hybridized carbons (Fsp3) is 0.667. The van der Waals surface area contributed by atoms with Crippen LogP contribution >= 0.6 is 0 Å². The zero-order valence-electron chi connectivity index (χ0n) is 14.1. The molecule has 0 bridgehead atoms. The van der Waals surface area contributed by atoms with Crippen LogP contribution in [0.15, 0.2) is 4.42 Å². The fourth-order valence-corrected chi connectivity index (χ4v) is 3.86. The van der Waals surface area contributed by atoms with Crippen molar-refractivity contribution in [3.05, 3.63) is 22.6 Å². The average molecular weight is 319 g/mol. The van der Waals surface area contributed by atoms with E-state index >= 15 is 0 Å². The van der Waals surface area contributed by atoms with Crippen LogP contribution in [0.2, 0.25) is 0 Å². The van der Waals surface area contributed by atoms with E-state index in [2.05, 4.69) is 5.32 Å². The molecule has 0 radical (unpaired) electrons. The Balaban J connectivity index is 1.76. The van der Waals surface area contributed by atoms with Crippen molar-refractivity contribution in [1.82, 2.24) is 5.32 Å². The van der Waals surface area contributed by atoms with Gasteiger partial charge in [-0.3, -0.25) is 9.59 Å². The number of hydrogen-bond donors (Lipinski definition) is 2. The second kappa shape index (κ2) is 5.78. The summed E-state index contributed by atoms with van der Waals surface area (Å²) >= 11 is 0. The molecule has 0 spiro atoms. The molecular weight excluding hydrogens is 294 g/mol. The molecule has 1 saturated carbocycles. The molecule has 1 amide bonds. The molecule has 0 aliphatic heterocycles. The number of carbonyl (C=O) groups is 2. The van der Waals surface area contributed by atoms with Crippen LogP contribution in [0.1, 0.15) is 71.8 Å². The predicted octanol–water partition coefficient (Wildman–Crippen LogP) is 2.63. The third-order valence-electron chi connectivity index (χ3n) is 5.13. The standard InChI is InChI=1S/C18H25NO4/c1-10-15-13(21)7-18(2,3)8-14(15)23-16(10)17(22)19-9-11-5-4-6-12(11)20/h11-12,20H,4-9H2,1-3H3,(H,19,22). The summed E-state index contributed by atoms with van der Waals surface area (Å²) in [5, 5.41) is 12.7. The first kappa shape index (κ1) is 16.2. The second-order valence-corrected chi connectivity index (χ2v) is 7.76. The summed E-state index contributed by atoms with van der Waals surface area (Å²) in [6.07, 6.45) is 3.56. The van der Waals surface area contributed by atoms with Gasteiger partial charge in [0.25, 0.3) is 5.91 Å². The number of amides is 1. The van der Waals surface area contributed by atoms with Gasteiger partial charge in [0.1, 0.15) is 5.76 Å².